The molecule has 0 spiro atoms. The lowest BCUT2D eigenvalue weighted by atomic mass is 10.2. The Morgan fingerprint density at radius 3 is 2.61 bits per heavy atom. The standard InChI is InChI=1S/C12H11F2NOS2/c1-16-9-4-2-8(3-5-9)7-17-10-6-15-12(18-10)11(13)14/h2-6,11H,7H2,1H3. The zero-order valence-corrected chi connectivity index (χ0v) is 11.2. The van der Waals surface area contributed by atoms with Gasteiger partial charge in [-0.1, -0.05) is 12.1 Å². The Labute approximate surface area is 112 Å². The summed E-state index contributed by atoms with van der Waals surface area (Å²) in [5, 5.41) is -0.118. The van der Waals surface area contributed by atoms with Crippen molar-refractivity contribution < 1.29 is 13.5 Å². The summed E-state index contributed by atoms with van der Waals surface area (Å²) in [5.74, 6) is 1.54. The van der Waals surface area contributed by atoms with Gasteiger partial charge >= 0.3 is 0 Å². The van der Waals surface area contributed by atoms with E-state index in [9.17, 15) is 8.78 Å². The fourth-order valence-corrected chi connectivity index (χ4v) is 3.12. The summed E-state index contributed by atoms with van der Waals surface area (Å²) < 4.78 is 30.6. The van der Waals surface area contributed by atoms with Crippen LogP contribution in [0.4, 0.5) is 8.78 Å². The molecule has 0 atom stereocenters. The molecule has 1 heterocycles. The number of nitrogens with zero attached hydrogens (tertiary/aromatic N) is 1. The molecular formula is C12H11F2NOS2. The van der Waals surface area contributed by atoms with Gasteiger partial charge in [0.25, 0.3) is 6.43 Å². The average Bonchev–Trinajstić information content (AvgIpc) is 2.86. The van der Waals surface area contributed by atoms with Crippen molar-refractivity contribution in [1.29, 1.82) is 0 Å². The summed E-state index contributed by atoms with van der Waals surface area (Å²) in [4.78, 5) is 3.68. The number of methoxy groups -OCH3 is 1. The molecule has 0 N–H and O–H groups in total. The van der Waals surface area contributed by atoms with Crippen molar-refractivity contribution in [3.05, 3.63) is 41.0 Å². The minimum Gasteiger partial charge on any atom is -0.497 e. The molecule has 6 heteroatoms. The van der Waals surface area contributed by atoms with E-state index in [4.69, 9.17) is 4.74 Å². The zero-order valence-electron chi connectivity index (χ0n) is 9.60. The molecule has 0 saturated carbocycles. The summed E-state index contributed by atoms with van der Waals surface area (Å²) in [5.41, 5.74) is 1.12. The fraction of sp³-hybridized carbons (Fsp3) is 0.250. The highest BCUT2D eigenvalue weighted by atomic mass is 32.2. The van der Waals surface area contributed by atoms with Crippen LogP contribution in [0.25, 0.3) is 0 Å². The van der Waals surface area contributed by atoms with Crippen molar-refractivity contribution in [2.24, 2.45) is 0 Å². The lowest BCUT2D eigenvalue weighted by molar-refractivity contribution is 0.151. The molecule has 0 amide bonds. The van der Waals surface area contributed by atoms with Crippen LogP contribution in [0.5, 0.6) is 5.75 Å². The Balaban J connectivity index is 1.93. The zero-order chi connectivity index (χ0) is 13.0. The quantitative estimate of drug-likeness (QED) is 0.762. The topological polar surface area (TPSA) is 22.1 Å². The van der Waals surface area contributed by atoms with Gasteiger partial charge in [0.1, 0.15) is 5.75 Å². The number of hydrogen-bond donors (Lipinski definition) is 0. The Hall–Kier alpha value is -1.14. The van der Waals surface area contributed by atoms with Crippen molar-refractivity contribution >= 4 is 23.1 Å². The molecular weight excluding hydrogens is 276 g/mol. The maximum atomic E-state index is 12.4. The summed E-state index contributed by atoms with van der Waals surface area (Å²) >= 11 is 2.55. The number of aromatic nitrogens is 1. The van der Waals surface area contributed by atoms with Gasteiger partial charge in [0.2, 0.25) is 0 Å². The Bertz CT molecular complexity index is 499. The van der Waals surface area contributed by atoms with E-state index >= 15 is 0 Å². The van der Waals surface area contributed by atoms with E-state index in [1.165, 1.54) is 18.0 Å². The molecule has 0 saturated heterocycles. The lowest BCUT2D eigenvalue weighted by Crippen LogP contribution is -1.83. The predicted octanol–water partition coefficient (Wildman–Crippen LogP) is 4.38. The van der Waals surface area contributed by atoms with Crippen LogP contribution in [0.1, 0.15) is 17.0 Å². The molecule has 0 aliphatic rings. The fourth-order valence-electron chi connectivity index (χ4n) is 1.32. The Morgan fingerprint density at radius 2 is 2.06 bits per heavy atom. The van der Waals surface area contributed by atoms with Gasteiger partial charge in [-0.25, -0.2) is 13.8 Å². The SMILES string of the molecule is COc1ccc(CSc2cnc(C(F)F)s2)cc1. The highest BCUT2D eigenvalue weighted by molar-refractivity contribution is 8.00. The van der Waals surface area contributed by atoms with Crippen molar-refractivity contribution in [2.45, 2.75) is 16.4 Å². The van der Waals surface area contributed by atoms with E-state index < -0.39 is 6.43 Å². The monoisotopic (exact) mass is 287 g/mol. The third kappa shape index (κ3) is 3.43. The molecule has 0 aliphatic heterocycles. The van der Waals surface area contributed by atoms with Gasteiger partial charge in [-0.3, -0.25) is 0 Å². The van der Waals surface area contributed by atoms with Crippen LogP contribution >= 0.6 is 23.1 Å². The summed E-state index contributed by atoms with van der Waals surface area (Å²) in [6.45, 7) is 0. The van der Waals surface area contributed by atoms with Gasteiger partial charge in [0.05, 0.1) is 17.5 Å². The van der Waals surface area contributed by atoms with E-state index in [1.54, 1.807) is 7.11 Å². The summed E-state index contributed by atoms with van der Waals surface area (Å²) in [6.07, 6.45) is -0.981. The van der Waals surface area contributed by atoms with Crippen LogP contribution in [0.15, 0.2) is 34.7 Å². The van der Waals surface area contributed by atoms with E-state index in [2.05, 4.69) is 4.98 Å². The Morgan fingerprint density at radius 1 is 1.33 bits per heavy atom. The highest BCUT2D eigenvalue weighted by Crippen LogP contribution is 2.32. The van der Waals surface area contributed by atoms with Gasteiger partial charge in [-0.15, -0.1) is 23.1 Å². The van der Waals surface area contributed by atoms with E-state index in [-0.39, 0.29) is 5.01 Å². The molecule has 0 radical (unpaired) electrons. The first kappa shape index (κ1) is 13.3. The number of alkyl halides is 2. The van der Waals surface area contributed by atoms with Gasteiger partial charge < -0.3 is 4.74 Å². The molecule has 0 fully saturated rings. The first-order valence-corrected chi connectivity index (χ1v) is 6.99. The maximum absolute atomic E-state index is 12.4. The summed E-state index contributed by atoms with van der Waals surface area (Å²) in [7, 11) is 1.62. The molecule has 2 nitrogen and oxygen atoms in total. The van der Waals surface area contributed by atoms with Gasteiger partial charge in [0, 0.05) is 5.75 Å². The normalized spacial score (nSPS) is 10.9. The molecule has 0 bridgehead atoms. The number of hydrogen-bond acceptors (Lipinski definition) is 4. The molecule has 0 aliphatic carbocycles. The number of ether oxygens (including phenoxy) is 1. The van der Waals surface area contributed by atoms with Gasteiger partial charge in [0.15, 0.2) is 5.01 Å². The first-order valence-electron chi connectivity index (χ1n) is 5.18. The van der Waals surface area contributed by atoms with Crippen LogP contribution in [0.2, 0.25) is 0 Å². The number of rotatable bonds is 5. The largest absolute Gasteiger partial charge is 0.497 e. The van der Waals surface area contributed by atoms with E-state index in [0.29, 0.717) is 0 Å². The molecule has 2 aromatic rings. The second-order valence-corrected chi connectivity index (χ2v) is 5.79. The molecule has 96 valence electrons. The van der Waals surface area contributed by atoms with Crippen LogP contribution in [0.3, 0.4) is 0 Å². The van der Waals surface area contributed by atoms with Gasteiger partial charge in [-0.2, -0.15) is 0 Å². The second kappa shape index (κ2) is 6.15. The number of thiazole rings is 1. The highest BCUT2D eigenvalue weighted by Gasteiger charge is 2.12. The van der Waals surface area contributed by atoms with Crippen molar-refractivity contribution in [1.82, 2.24) is 4.98 Å². The molecule has 1 aromatic heterocycles. The van der Waals surface area contributed by atoms with Crippen molar-refractivity contribution in [3.8, 4) is 5.75 Å². The number of benzene rings is 1. The molecule has 1 aromatic carbocycles. The minimum absolute atomic E-state index is 0.118. The Kier molecular flexibility index (Phi) is 4.54. The van der Waals surface area contributed by atoms with Crippen molar-refractivity contribution in [3.63, 3.8) is 0 Å². The average molecular weight is 287 g/mol. The molecule has 0 unspecified atom stereocenters. The number of halogens is 2. The first-order chi connectivity index (χ1) is 8.69. The molecule has 2 rings (SSSR count). The third-order valence-corrected chi connectivity index (χ3v) is 4.50. The second-order valence-electron chi connectivity index (χ2n) is 3.45. The molecule has 18 heavy (non-hydrogen) atoms. The van der Waals surface area contributed by atoms with Crippen LogP contribution < -0.4 is 4.74 Å². The smallest absolute Gasteiger partial charge is 0.289 e. The minimum atomic E-state index is -2.48. The maximum Gasteiger partial charge on any atom is 0.289 e. The van der Waals surface area contributed by atoms with E-state index in [0.717, 1.165) is 32.6 Å². The van der Waals surface area contributed by atoms with Crippen LogP contribution in [-0.2, 0) is 5.75 Å². The summed E-state index contributed by atoms with van der Waals surface area (Å²) in [6, 6.07) is 7.68. The number of thioether (sulfide) groups is 1. The van der Waals surface area contributed by atoms with Crippen molar-refractivity contribution in [2.75, 3.05) is 7.11 Å². The third-order valence-electron chi connectivity index (χ3n) is 2.23. The lowest BCUT2D eigenvalue weighted by Gasteiger charge is -2.02. The van der Waals surface area contributed by atoms with E-state index in [1.807, 2.05) is 24.3 Å². The van der Waals surface area contributed by atoms with Crippen LogP contribution in [-0.4, -0.2) is 12.1 Å². The predicted molar refractivity (Wildman–Crippen MR) is 69.6 cm³/mol. The van der Waals surface area contributed by atoms with Crippen LogP contribution in [0, 0.1) is 0 Å². The van der Waals surface area contributed by atoms with Gasteiger partial charge in [-0.05, 0) is 17.7 Å².